The zero-order valence-electron chi connectivity index (χ0n) is 8.25. The Balaban J connectivity index is 3.13. The molecule has 4 nitrogen and oxygen atoms in total. The van der Waals surface area contributed by atoms with E-state index in [0.717, 1.165) is 6.42 Å². The maximum atomic E-state index is 10.8. The molecule has 0 radical (unpaired) electrons. The second kappa shape index (κ2) is 8.99. The van der Waals surface area contributed by atoms with E-state index >= 15 is 0 Å². The summed E-state index contributed by atoms with van der Waals surface area (Å²) in [6.07, 6.45) is 0.729. The largest absolute Gasteiger partial charge is 0.460 e. The van der Waals surface area contributed by atoms with Gasteiger partial charge in [0.1, 0.15) is 13.2 Å². The van der Waals surface area contributed by atoms with Crippen LogP contribution in [0.15, 0.2) is 12.2 Å². The lowest BCUT2D eigenvalue weighted by atomic mass is 10.4. The monoisotopic (exact) mass is 222 g/mol. The topological polar surface area (TPSA) is 44.8 Å². The number of carbonyl (C=O) groups excluding carboxylic acids is 1. The van der Waals surface area contributed by atoms with E-state index in [1.807, 2.05) is 0 Å². The van der Waals surface area contributed by atoms with Crippen molar-refractivity contribution in [3.05, 3.63) is 12.2 Å². The molecule has 5 heteroatoms. The molecule has 0 saturated carbocycles. The fourth-order valence-electron chi connectivity index (χ4n) is 0.523. The van der Waals surface area contributed by atoms with Crippen molar-refractivity contribution in [2.45, 2.75) is 13.3 Å². The molecular formula is C9H15ClO4. The van der Waals surface area contributed by atoms with Crippen molar-refractivity contribution in [3.8, 4) is 0 Å². The van der Waals surface area contributed by atoms with Gasteiger partial charge in [0.05, 0.1) is 6.61 Å². The minimum atomic E-state index is -0.422. The van der Waals surface area contributed by atoms with E-state index in [1.54, 1.807) is 6.92 Å². The van der Waals surface area contributed by atoms with Crippen LogP contribution in [-0.4, -0.2) is 31.7 Å². The normalized spacial score (nSPS) is 9.86. The second-order valence-electron chi connectivity index (χ2n) is 2.60. The molecule has 0 heterocycles. The van der Waals surface area contributed by atoms with E-state index < -0.39 is 5.97 Å². The first-order chi connectivity index (χ1) is 6.68. The van der Waals surface area contributed by atoms with E-state index in [4.69, 9.17) is 26.1 Å². The van der Waals surface area contributed by atoms with Crippen LogP contribution in [0, 0.1) is 0 Å². The molecule has 0 aliphatic heterocycles. The Morgan fingerprint density at radius 2 is 1.93 bits per heavy atom. The van der Waals surface area contributed by atoms with Gasteiger partial charge in [-0.05, 0) is 13.3 Å². The Bertz CT molecular complexity index is 182. The summed E-state index contributed by atoms with van der Waals surface area (Å²) < 4.78 is 4.74. The van der Waals surface area contributed by atoms with Crippen molar-refractivity contribution < 1.29 is 19.3 Å². The van der Waals surface area contributed by atoms with Gasteiger partial charge < -0.3 is 4.74 Å². The quantitative estimate of drug-likeness (QED) is 0.157. The second-order valence-corrected chi connectivity index (χ2v) is 2.98. The highest BCUT2D eigenvalue weighted by molar-refractivity contribution is 6.17. The third kappa shape index (κ3) is 8.04. The first kappa shape index (κ1) is 13.4. The molecule has 82 valence electrons. The number of esters is 1. The lowest BCUT2D eigenvalue weighted by molar-refractivity contribution is -0.297. The number of carbonyl (C=O) groups is 1. The highest BCUT2D eigenvalue weighted by atomic mass is 35.5. The van der Waals surface area contributed by atoms with Crippen molar-refractivity contribution >= 4 is 17.6 Å². The van der Waals surface area contributed by atoms with Gasteiger partial charge in [-0.1, -0.05) is 6.58 Å². The molecule has 0 amide bonds. The van der Waals surface area contributed by atoms with Gasteiger partial charge in [0.2, 0.25) is 0 Å². The van der Waals surface area contributed by atoms with Crippen molar-refractivity contribution in [3.63, 3.8) is 0 Å². The molecular weight excluding hydrogens is 208 g/mol. The zero-order chi connectivity index (χ0) is 10.8. The Labute approximate surface area is 88.7 Å². The highest BCUT2D eigenvalue weighted by Gasteiger charge is 2.01. The molecule has 0 aliphatic carbocycles. The van der Waals surface area contributed by atoms with Gasteiger partial charge in [-0.25, -0.2) is 14.6 Å². The van der Waals surface area contributed by atoms with Gasteiger partial charge in [-0.15, -0.1) is 11.6 Å². The van der Waals surface area contributed by atoms with Gasteiger partial charge in [0.15, 0.2) is 0 Å². The van der Waals surface area contributed by atoms with Crippen molar-refractivity contribution in [2.24, 2.45) is 0 Å². The van der Waals surface area contributed by atoms with E-state index in [0.29, 0.717) is 18.1 Å². The third-order valence-corrected chi connectivity index (χ3v) is 1.46. The molecule has 0 fully saturated rings. The minimum Gasteiger partial charge on any atom is -0.460 e. The molecule has 0 N–H and O–H groups in total. The number of halogens is 1. The predicted molar refractivity (Wildman–Crippen MR) is 53.0 cm³/mol. The van der Waals surface area contributed by atoms with Gasteiger partial charge in [0.25, 0.3) is 0 Å². The minimum absolute atomic E-state index is 0.159. The summed E-state index contributed by atoms with van der Waals surface area (Å²) in [6, 6.07) is 0. The zero-order valence-corrected chi connectivity index (χ0v) is 9.01. The molecule has 14 heavy (non-hydrogen) atoms. The maximum Gasteiger partial charge on any atom is 0.333 e. The molecule has 0 spiro atoms. The SMILES string of the molecule is C=C(C)C(=O)OCCOOCCCCl. The number of ether oxygens (including phenoxy) is 1. The standard InChI is InChI=1S/C9H15ClO4/c1-8(2)9(11)12-6-7-14-13-5-3-4-10/h1,3-7H2,2H3. The third-order valence-electron chi connectivity index (χ3n) is 1.19. The van der Waals surface area contributed by atoms with E-state index in [9.17, 15) is 4.79 Å². The van der Waals surface area contributed by atoms with Crippen molar-refractivity contribution in [1.29, 1.82) is 0 Å². The molecule has 0 aromatic heterocycles. The summed E-state index contributed by atoms with van der Waals surface area (Å²) in [5.74, 6) is 0.114. The van der Waals surface area contributed by atoms with Crippen LogP contribution in [0.5, 0.6) is 0 Å². The summed E-state index contributed by atoms with van der Waals surface area (Å²) in [5, 5.41) is 0. The molecule has 0 saturated heterocycles. The summed E-state index contributed by atoms with van der Waals surface area (Å²) in [6.45, 7) is 5.83. The predicted octanol–water partition coefficient (Wildman–Crippen LogP) is 1.68. The van der Waals surface area contributed by atoms with Crippen LogP contribution in [0.3, 0.4) is 0 Å². The highest BCUT2D eigenvalue weighted by Crippen LogP contribution is 1.92. The van der Waals surface area contributed by atoms with Crippen LogP contribution < -0.4 is 0 Å². The smallest absolute Gasteiger partial charge is 0.333 e. The van der Waals surface area contributed by atoms with E-state index in [1.165, 1.54) is 0 Å². The van der Waals surface area contributed by atoms with Crippen LogP contribution in [0.4, 0.5) is 0 Å². The lowest BCUT2D eigenvalue weighted by Gasteiger charge is -2.04. The van der Waals surface area contributed by atoms with Crippen LogP contribution in [-0.2, 0) is 19.3 Å². The first-order valence-corrected chi connectivity index (χ1v) is 4.85. The van der Waals surface area contributed by atoms with Crippen LogP contribution in [0.2, 0.25) is 0 Å². The Kier molecular flexibility index (Phi) is 8.62. The summed E-state index contributed by atoms with van der Waals surface area (Å²) in [4.78, 5) is 20.3. The molecule has 0 bridgehead atoms. The van der Waals surface area contributed by atoms with Crippen LogP contribution >= 0.6 is 11.6 Å². The van der Waals surface area contributed by atoms with Gasteiger partial charge >= 0.3 is 5.97 Å². The van der Waals surface area contributed by atoms with Crippen molar-refractivity contribution in [1.82, 2.24) is 0 Å². The fourth-order valence-corrected chi connectivity index (χ4v) is 0.632. The van der Waals surface area contributed by atoms with E-state index in [2.05, 4.69) is 6.58 Å². The molecule has 0 atom stereocenters. The number of hydrogen-bond donors (Lipinski definition) is 0. The number of alkyl halides is 1. The number of hydrogen-bond acceptors (Lipinski definition) is 4. The number of rotatable bonds is 8. The van der Waals surface area contributed by atoms with Crippen molar-refractivity contribution in [2.75, 3.05) is 25.7 Å². The Morgan fingerprint density at radius 1 is 1.29 bits per heavy atom. The molecule has 0 aromatic carbocycles. The van der Waals surface area contributed by atoms with Crippen LogP contribution in [0.1, 0.15) is 13.3 Å². The molecule has 0 rings (SSSR count). The lowest BCUT2D eigenvalue weighted by Crippen LogP contribution is -2.11. The molecule has 0 aromatic rings. The average molecular weight is 223 g/mol. The molecule has 0 aliphatic rings. The summed E-state index contributed by atoms with van der Waals surface area (Å²) in [5.41, 5.74) is 0.369. The van der Waals surface area contributed by atoms with Gasteiger partial charge in [-0.2, -0.15) is 0 Å². The fraction of sp³-hybridized carbons (Fsp3) is 0.667. The first-order valence-electron chi connectivity index (χ1n) is 4.31. The van der Waals surface area contributed by atoms with E-state index in [-0.39, 0.29) is 13.2 Å². The van der Waals surface area contributed by atoms with Gasteiger partial charge in [0, 0.05) is 11.5 Å². The summed E-state index contributed by atoms with van der Waals surface area (Å²) in [7, 11) is 0. The Morgan fingerprint density at radius 3 is 2.50 bits per heavy atom. The average Bonchev–Trinajstić information content (AvgIpc) is 2.16. The van der Waals surface area contributed by atoms with Gasteiger partial charge in [-0.3, -0.25) is 0 Å². The Hall–Kier alpha value is -0.580. The summed E-state index contributed by atoms with van der Waals surface area (Å²) >= 11 is 5.40. The molecule has 0 unspecified atom stereocenters. The van der Waals surface area contributed by atoms with Crippen LogP contribution in [0.25, 0.3) is 0 Å². The maximum absolute atomic E-state index is 10.8.